The monoisotopic (exact) mass is 272 g/mol. The van der Waals surface area contributed by atoms with E-state index >= 15 is 0 Å². The van der Waals surface area contributed by atoms with Gasteiger partial charge in [0.1, 0.15) is 0 Å². The van der Waals surface area contributed by atoms with Crippen LogP contribution in [0.2, 0.25) is 0 Å². The Kier molecular flexibility index (Phi) is 5.78. The lowest BCUT2D eigenvalue weighted by Gasteiger charge is -2.35. The van der Waals surface area contributed by atoms with Crippen LogP contribution in [0.25, 0.3) is 0 Å². The van der Waals surface area contributed by atoms with Crippen molar-refractivity contribution in [3.63, 3.8) is 0 Å². The molecule has 1 unspecified atom stereocenters. The Bertz CT molecular complexity index is 233. The topological polar surface area (TPSA) is 15.3 Å². The van der Waals surface area contributed by atoms with Crippen LogP contribution in [0.5, 0.6) is 0 Å². The van der Waals surface area contributed by atoms with Crippen LogP contribution in [0.4, 0.5) is 0 Å². The predicted molar refractivity (Wildman–Crippen MR) is 79.3 cm³/mol. The molecule has 3 rings (SSSR count). The van der Waals surface area contributed by atoms with Gasteiger partial charge in [-0.1, -0.05) is 6.42 Å². The Morgan fingerprint density at radius 3 is 1.89 bits per heavy atom. The van der Waals surface area contributed by atoms with Gasteiger partial charge in [0.15, 0.2) is 0 Å². The van der Waals surface area contributed by atoms with E-state index in [2.05, 4.69) is 10.2 Å². The van der Waals surface area contributed by atoms with E-state index < -0.39 is 0 Å². The second-order valence-electron chi connectivity index (χ2n) is 6.67. The molecule has 1 atom stereocenters. The van der Waals surface area contributed by atoms with Crippen molar-refractivity contribution in [3.8, 4) is 0 Å². The maximum Gasteiger partial charge on any atom is 0.00220 e. The van der Waals surface area contributed by atoms with Crippen molar-refractivity contribution in [1.29, 1.82) is 0 Å². The van der Waals surface area contributed by atoms with Gasteiger partial charge in [-0.25, -0.2) is 0 Å². The first-order valence-corrected chi connectivity index (χ1v) is 7.83. The van der Waals surface area contributed by atoms with E-state index in [9.17, 15) is 0 Å². The Labute approximate surface area is 118 Å². The molecule has 0 bridgehead atoms. The molecule has 0 aromatic rings. The van der Waals surface area contributed by atoms with E-state index in [1.54, 1.807) is 0 Å². The molecule has 2 nitrogen and oxygen atoms in total. The Balaban J connectivity index is 0.00000120. The first-order valence-electron chi connectivity index (χ1n) is 7.83. The summed E-state index contributed by atoms with van der Waals surface area (Å²) in [5, 5.41) is 3.56. The molecule has 3 aliphatic rings. The Morgan fingerprint density at radius 1 is 0.778 bits per heavy atom. The third-order valence-electron chi connectivity index (χ3n) is 4.87. The van der Waals surface area contributed by atoms with Crippen molar-refractivity contribution in [2.75, 3.05) is 32.7 Å². The zero-order valence-corrected chi connectivity index (χ0v) is 12.4. The van der Waals surface area contributed by atoms with Gasteiger partial charge in [0.25, 0.3) is 0 Å². The standard InChI is InChI=1S/C15H28N2.ClH/c1-3-13(4-1)10-17(11-14-6-7-14)12-15-5-2-8-16-9-15;/h13-16H,1-12H2;1H. The molecule has 1 aliphatic heterocycles. The molecule has 2 aliphatic carbocycles. The summed E-state index contributed by atoms with van der Waals surface area (Å²) in [6.07, 6.45) is 10.4. The number of hydrogen-bond donors (Lipinski definition) is 1. The van der Waals surface area contributed by atoms with E-state index in [0.717, 1.165) is 17.8 Å². The summed E-state index contributed by atoms with van der Waals surface area (Å²) in [6, 6.07) is 0. The van der Waals surface area contributed by atoms with Crippen molar-refractivity contribution in [3.05, 3.63) is 0 Å². The molecule has 1 N–H and O–H groups in total. The van der Waals surface area contributed by atoms with Crippen LogP contribution in [0.15, 0.2) is 0 Å². The molecule has 0 spiro atoms. The fourth-order valence-electron chi connectivity index (χ4n) is 3.37. The summed E-state index contributed by atoms with van der Waals surface area (Å²) >= 11 is 0. The van der Waals surface area contributed by atoms with Gasteiger partial charge in [-0.3, -0.25) is 0 Å². The molecular weight excluding hydrogens is 244 g/mol. The Morgan fingerprint density at radius 2 is 1.39 bits per heavy atom. The highest BCUT2D eigenvalue weighted by Crippen LogP contribution is 2.32. The minimum atomic E-state index is 0. The molecule has 1 heterocycles. The molecule has 18 heavy (non-hydrogen) atoms. The molecule has 0 aromatic heterocycles. The Hall–Kier alpha value is 0.210. The van der Waals surface area contributed by atoms with Crippen molar-refractivity contribution in [1.82, 2.24) is 10.2 Å². The first-order chi connectivity index (χ1) is 8.40. The van der Waals surface area contributed by atoms with Crippen LogP contribution < -0.4 is 5.32 Å². The second-order valence-corrected chi connectivity index (χ2v) is 6.67. The fourth-order valence-corrected chi connectivity index (χ4v) is 3.37. The molecule has 0 amide bonds. The molecular formula is C15H29ClN2. The van der Waals surface area contributed by atoms with Crippen LogP contribution in [-0.4, -0.2) is 37.6 Å². The molecule has 106 valence electrons. The zero-order chi connectivity index (χ0) is 11.5. The lowest BCUT2D eigenvalue weighted by atomic mass is 9.84. The van der Waals surface area contributed by atoms with Gasteiger partial charge in [-0.2, -0.15) is 0 Å². The second kappa shape index (κ2) is 7.12. The maximum atomic E-state index is 3.56. The summed E-state index contributed by atoms with van der Waals surface area (Å²) in [7, 11) is 0. The quantitative estimate of drug-likeness (QED) is 0.800. The van der Waals surface area contributed by atoms with Crippen LogP contribution in [-0.2, 0) is 0 Å². The van der Waals surface area contributed by atoms with E-state index in [4.69, 9.17) is 0 Å². The van der Waals surface area contributed by atoms with Gasteiger partial charge in [0.05, 0.1) is 0 Å². The smallest absolute Gasteiger partial charge is 0.00220 e. The normalized spacial score (nSPS) is 28.8. The van der Waals surface area contributed by atoms with E-state index in [1.807, 2.05) is 0 Å². The highest BCUT2D eigenvalue weighted by Gasteiger charge is 2.28. The number of piperidine rings is 1. The zero-order valence-electron chi connectivity index (χ0n) is 11.6. The molecule has 2 saturated carbocycles. The number of halogens is 1. The highest BCUT2D eigenvalue weighted by molar-refractivity contribution is 5.85. The van der Waals surface area contributed by atoms with E-state index in [-0.39, 0.29) is 12.4 Å². The fraction of sp³-hybridized carbons (Fsp3) is 1.00. The van der Waals surface area contributed by atoms with Crippen molar-refractivity contribution in [2.24, 2.45) is 17.8 Å². The van der Waals surface area contributed by atoms with Crippen LogP contribution >= 0.6 is 12.4 Å². The molecule has 3 heteroatoms. The average molecular weight is 273 g/mol. The number of rotatable bonds is 6. The molecule has 0 radical (unpaired) electrons. The summed E-state index contributed by atoms with van der Waals surface area (Å²) < 4.78 is 0. The number of nitrogens with zero attached hydrogens (tertiary/aromatic N) is 1. The van der Waals surface area contributed by atoms with E-state index in [0.29, 0.717) is 0 Å². The maximum absolute atomic E-state index is 3.56. The molecule has 0 aromatic carbocycles. The van der Waals surface area contributed by atoms with Crippen molar-refractivity contribution in [2.45, 2.75) is 44.9 Å². The van der Waals surface area contributed by atoms with Crippen molar-refractivity contribution < 1.29 is 0 Å². The third kappa shape index (κ3) is 4.40. The van der Waals surface area contributed by atoms with Crippen molar-refractivity contribution >= 4 is 12.4 Å². The van der Waals surface area contributed by atoms with Gasteiger partial charge in [-0.05, 0) is 69.4 Å². The highest BCUT2D eigenvalue weighted by atomic mass is 35.5. The van der Waals surface area contributed by atoms with Gasteiger partial charge in [-0.15, -0.1) is 12.4 Å². The van der Waals surface area contributed by atoms with Crippen LogP contribution in [0.3, 0.4) is 0 Å². The summed E-state index contributed by atoms with van der Waals surface area (Å²) in [5.74, 6) is 3.04. The van der Waals surface area contributed by atoms with Crippen LogP contribution in [0, 0.1) is 17.8 Å². The summed E-state index contributed by atoms with van der Waals surface area (Å²) in [4.78, 5) is 2.82. The third-order valence-corrected chi connectivity index (χ3v) is 4.87. The van der Waals surface area contributed by atoms with E-state index in [1.165, 1.54) is 77.7 Å². The SMILES string of the molecule is C1CC(CN(CC2CC2)CC2CCCNC2)C1.Cl. The largest absolute Gasteiger partial charge is 0.316 e. The average Bonchev–Trinajstić information content (AvgIpc) is 3.09. The van der Waals surface area contributed by atoms with Gasteiger partial charge < -0.3 is 10.2 Å². The predicted octanol–water partition coefficient (Wildman–Crippen LogP) is 2.92. The minimum absolute atomic E-state index is 0. The minimum Gasteiger partial charge on any atom is -0.316 e. The number of hydrogen-bond acceptors (Lipinski definition) is 2. The lowest BCUT2D eigenvalue weighted by Crippen LogP contribution is -2.41. The van der Waals surface area contributed by atoms with Gasteiger partial charge in [0, 0.05) is 19.6 Å². The summed E-state index contributed by atoms with van der Waals surface area (Å²) in [6.45, 7) is 6.72. The first kappa shape index (κ1) is 14.6. The summed E-state index contributed by atoms with van der Waals surface area (Å²) in [5.41, 5.74) is 0. The van der Waals surface area contributed by atoms with Crippen LogP contribution in [0.1, 0.15) is 44.9 Å². The van der Waals surface area contributed by atoms with Gasteiger partial charge >= 0.3 is 0 Å². The lowest BCUT2D eigenvalue weighted by molar-refractivity contribution is 0.143. The van der Waals surface area contributed by atoms with Gasteiger partial charge in [0.2, 0.25) is 0 Å². The molecule has 1 saturated heterocycles. The molecule has 3 fully saturated rings. The number of nitrogens with one attached hydrogen (secondary N) is 1.